The van der Waals surface area contributed by atoms with Crippen molar-refractivity contribution in [2.24, 2.45) is 4.99 Å². The molecule has 38 heavy (non-hydrogen) atoms. The Labute approximate surface area is 225 Å². The van der Waals surface area contributed by atoms with Crippen LogP contribution < -0.4 is 14.9 Å². The number of nitro benzene ring substituents is 1. The van der Waals surface area contributed by atoms with Gasteiger partial charge in [-0.1, -0.05) is 35.1 Å². The molecule has 1 aliphatic heterocycles. The number of benzene rings is 2. The number of carbonyl (C=O) groups excluding carboxylic acids is 1. The second-order valence-electron chi connectivity index (χ2n) is 8.43. The number of hydrogen-bond donors (Lipinski definition) is 0. The Morgan fingerprint density at radius 3 is 2.55 bits per heavy atom. The zero-order chi connectivity index (χ0) is 27.0. The summed E-state index contributed by atoms with van der Waals surface area (Å²) in [6.45, 7) is 3.64. The highest BCUT2D eigenvalue weighted by Crippen LogP contribution is 2.31. The first kappa shape index (κ1) is 25.4. The fourth-order valence-corrected chi connectivity index (χ4v) is 5.53. The molecule has 9 nitrogen and oxygen atoms in total. The Bertz CT molecular complexity index is 1770. The molecule has 0 N–H and O–H groups in total. The molecular weight excluding hydrogens is 528 g/mol. The molecule has 0 saturated heterocycles. The van der Waals surface area contributed by atoms with Crippen molar-refractivity contribution in [1.82, 2.24) is 9.13 Å². The van der Waals surface area contributed by atoms with Crippen LogP contribution in [0.5, 0.6) is 0 Å². The number of thiazole rings is 1. The second-order valence-corrected chi connectivity index (χ2v) is 9.88. The molecule has 4 aromatic rings. The van der Waals surface area contributed by atoms with E-state index in [0.29, 0.717) is 42.6 Å². The Balaban J connectivity index is 1.66. The molecule has 1 atom stereocenters. The molecule has 11 heteroatoms. The van der Waals surface area contributed by atoms with E-state index in [2.05, 4.69) is 4.99 Å². The molecule has 5 rings (SSSR count). The van der Waals surface area contributed by atoms with Crippen LogP contribution in [-0.4, -0.2) is 26.6 Å². The van der Waals surface area contributed by atoms with E-state index in [0.717, 1.165) is 0 Å². The van der Waals surface area contributed by atoms with E-state index in [4.69, 9.17) is 16.3 Å². The van der Waals surface area contributed by atoms with Gasteiger partial charge in [0.15, 0.2) is 4.80 Å². The molecule has 0 bridgehead atoms. The van der Waals surface area contributed by atoms with Gasteiger partial charge in [0.2, 0.25) is 0 Å². The largest absolute Gasteiger partial charge is 0.463 e. The minimum Gasteiger partial charge on any atom is -0.463 e. The highest BCUT2D eigenvalue weighted by molar-refractivity contribution is 7.07. The van der Waals surface area contributed by atoms with E-state index in [1.807, 2.05) is 22.9 Å². The van der Waals surface area contributed by atoms with Gasteiger partial charge in [-0.25, -0.2) is 9.79 Å². The zero-order valence-electron chi connectivity index (χ0n) is 20.3. The fraction of sp³-hybridized carbons (Fsp3) is 0.148. The molecule has 192 valence electrons. The lowest BCUT2D eigenvalue weighted by atomic mass is 9.96. The number of esters is 1. The summed E-state index contributed by atoms with van der Waals surface area (Å²) >= 11 is 7.32. The number of allylic oxidation sites excluding steroid dienone is 1. The standard InChI is InChI=1S/C27H21ClN4O5S/c1-3-37-26(34)23-16(2)29-27-31(24(23)17-6-8-18(28)9-7-17)25(33)22(38-27)15-21-5-4-14-30(21)19-10-12-20(13-11-19)32(35)36/h4-15,24H,3H2,1-2H3/b22-15-. The third-order valence-electron chi connectivity index (χ3n) is 6.10. The van der Waals surface area contributed by atoms with Crippen molar-refractivity contribution < 1.29 is 14.5 Å². The van der Waals surface area contributed by atoms with E-state index in [-0.39, 0.29) is 17.9 Å². The van der Waals surface area contributed by atoms with E-state index in [1.165, 1.54) is 28.0 Å². The summed E-state index contributed by atoms with van der Waals surface area (Å²) in [4.78, 5) is 42.4. The molecule has 0 spiro atoms. The predicted molar refractivity (Wildman–Crippen MR) is 144 cm³/mol. The SMILES string of the molecule is CCOC(=O)C1=C(C)N=c2s/c(=C\c3cccn3-c3ccc([N+](=O)[O-])cc3)c(=O)n2C1c1ccc(Cl)cc1. The van der Waals surface area contributed by atoms with Crippen molar-refractivity contribution in [3.05, 3.63) is 124 Å². The molecule has 2 aromatic heterocycles. The van der Waals surface area contributed by atoms with Gasteiger partial charge in [0.25, 0.3) is 11.2 Å². The monoisotopic (exact) mass is 548 g/mol. The first-order chi connectivity index (χ1) is 18.3. The molecule has 1 aliphatic rings. The molecule has 3 heterocycles. The van der Waals surface area contributed by atoms with E-state index in [1.54, 1.807) is 56.3 Å². The van der Waals surface area contributed by atoms with Crippen molar-refractivity contribution in [1.29, 1.82) is 0 Å². The molecule has 0 aliphatic carbocycles. The summed E-state index contributed by atoms with van der Waals surface area (Å²) in [5.41, 5.74) is 2.57. The van der Waals surface area contributed by atoms with Crippen LogP contribution in [0.2, 0.25) is 5.02 Å². The summed E-state index contributed by atoms with van der Waals surface area (Å²) in [7, 11) is 0. The van der Waals surface area contributed by atoms with Crippen molar-refractivity contribution in [3.8, 4) is 5.69 Å². The average Bonchev–Trinajstić information content (AvgIpc) is 3.48. The molecule has 1 unspecified atom stereocenters. The molecule has 0 amide bonds. The Morgan fingerprint density at radius 2 is 1.89 bits per heavy atom. The number of rotatable bonds is 6. The number of nitrogens with zero attached hydrogens (tertiary/aromatic N) is 4. The van der Waals surface area contributed by atoms with Crippen LogP contribution in [0, 0.1) is 10.1 Å². The lowest BCUT2D eigenvalue weighted by Gasteiger charge is -2.24. The summed E-state index contributed by atoms with van der Waals surface area (Å²) < 4.78 is 9.07. The normalized spacial score (nSPS) is 15.2. The number of non-ortho nitro benzene ring substituents is 1. The van der Waals surface area contributed by atoms with Crippen molar-refractivity contribution in [3.63, 3.8) is 0 Å². The number of nitro groups is 1. The maximum absolute atomic E-state index is 13.8. The van der Waals surface area contributed by atoms with Crippen LogP contribution in [0.4, 0.5) is 5.69 Å². The average molecular weight is 549 g/mol. The summed E-state index contributed by atoms with van der Waals surface area (Å²) in [6, 6.07) is 16.1. The minimum absolute atomic E-state index is 0.00858. The summed E-state index contributed by atoms with van der Waals surface area (Å²) in [6.07, 6.45) is 3.55. The van der Waals surface area contributed by atoms with Gasteiger partial charge < -0.3 is 9.30 Å². The number of halogens is 1. The number of ether oxygens (including phenoxy) is 1. The van der Waals surface area contributed by atoms with Crippen molar-refractivity contribution in [2.75, 3.05) is 6.61 Å². The Morgan fingerprint density at radius 1 is 1.18 bits per heavy atom. The maximum Gasteiger partial charge on any atom is 0.338 e. The van der Waals surface area contributed by atoms with Gasteiger partial charge in [-0.2, -0.15) is 0 Å². The number of fused-ring (bicyclic) bond motifs is 1. The van der Waals surface area contributed by atoms with Gasteiger partial charge in [0.05, 0.1) is 33.4 Å². The van der Waals surface area contributed by atoms with Crippen LogP contribution in [0.15, 0.2) is 87.9 Å². The highest BCUT2D eigenvalue weighted by Gasteiger charge is 2.33. The number of hydrogen-bond acceptors (Lipinski definition) is 7. The third kappa shape index (κ3) is 4.59. The van der Waals surface area contributed by atoms with Gasteiger partial charge in [0.1, 0.15) is 0 Å². The quantitative estimate of drug-likeness (QED) is 0.204. The minimum atomic E-state index is -0.730. The fourth-order valence-electron chi connectivity index (χ4n) is 4.37. The van der Waals surface area contributed by atoms with Gasteiger partial charge >= 0.3 is 5.97 Å². The lowest BCUT2D eigenvalue weighted by molar-refractivity contribution is -0.384. The van der Waals surface area contributed by atoms with E-state index >= 15 is 0 Å². The van der Waals surface area contributed by atoms with Crippen LogP contribution in [0.1, 0.15) is 31.1 Å². The third-order valence-corrected chi connectivity index (χ3v) is 7.34. The molecule has 2 aromatic carbocycles. The summed E-state index contributed by atoms with van der Waals surface area (Å²) in [5, 5.41) is 11.6. The van der Waals surface area contributed by atoms with E-state index in [9.17, 15) is 19.7 Å². The highest BCUT2D eigenvalue weighted by atomic mass is 35.5. The van der Waals surface area contributed by atoms with Crippen molar-refractivity contribution in [2.45, 2.75) is 19.9 Å². The molecule has 0 radical (unpaired) electrons. The zero-order valence-corrected chi connectivity index (χ0v) is 21.9. The smallest absolute Gasteiger partial charge is 0.338 e. The number of aromatic nitrogens is 2. The summed E-state index contributed by atoms with van der Waals surface area (Å²) in [5.74, 6) is -0.532. The van der Waals surface area contributed by atoms with Crippen LogP contribution in [0.25, 0.3) is 11.8 Å². The Kier molecular flexibility index (Phi) is 6.83. The predicted octanol–water partition coefficient (Wildman–Crippen LogP) is 4.15. The molecular formula is C27H21ClN4O5S. The first-order valence-electron chi connectivity index (χ1n) is 11.7. The van der Waals surface area contributed by atoms with Gasteiger partial charge in [-0.05, 0) is 61.9 Å². The molecule has 0 saturated carbocycles. The lowest BCUT2D eigenvalue weighted by Crippen LogP contribution is -2.40. The van der Waals surface area contributed by atoms with Crippen LogP contribution >= 0.6 is 22.9 Å². The Hall–Kier alpha value is -4.28. The van der Waals surface area contributed by atoms with Gasteiger partial charge in [-0.3, -0.25) is 19.5 Å². The maximum atomic E-state index is 13.8. The second kappa shape index (κ2) is 10.2. The van der Waals surface area contributed by atoms with Gasteiger partial charge in [0, 0.05) is 34.7 Å². The van der Waals surface area contributed by atoms with Gasteiger partial charge in [-0.15, -0.1) is 0 Å². The van der Waals surface area contributed by atoms with E-state index < -0.39 is 16.9 Å². The van der Waals surface area contributed by atoms with Crippen LogP contribution in [-0.2, 0) is 9.53 Å². The topological polar surface area (TPSA) is 109 Å². The van der Waals surface area contributed by atoms with Crippen molar-refractivity contribution >= 4 is 40.7 Å². The molecule has 0 fully saturated rings. The van der Waals surface area contributed by atoms with Crippen LogP contribution in [0.3, 0.4) is 0 Å². The number of carbonyl (C=O) groups is 1. The first-order valence-corrected chi connectivity index (χ1v) is 12.8.